The van der Waals surface area contributed by atoms with E-state index in [0.717, 1.165) is 11.1 Å². The molecule has 4 unspecified atom stereocenters. The normalized spacial score (nSPS) is 33.3. The van der Waals surface area contributed by atoms with Crippen molar-refractivity contribution in [1.82, 2.24) is 0 Å². The van der Waals surface area contributed by atoms with Crippen molar-refractivity contribution in [3.05, 3.63) is 41.5 Å². The van der Waals surface area contributed by atoms with Gasteiger partial charge in [-0.3, -0.25) is 13.8 Å². The highest BCUT2D eigenvalue weighted by atomic mass is 32.2. The minimum Gasteiger partial charge on any atom is -0.274 e. The van der Waals surface area contributed by atoms with Crippen LogP contribution in [0.25, 0.3) is 0 Å². The molecule has 3 heterocycles. The molecule has 144 valence electrons. The number of fused-ring (bicyclic) bond motifs is 5. The fourth-order valence-corrected chi connectivity index (χ4v) is 8.08. The fraction of sp³-hybridized carbons (Fsp3) is 0.545. The molecule has 27 heavy (non-hydrogen) atoms. The summed E-state index contributed by atoms with van der Waals surface area (Å²) in [6, 6.07) is 9.11. The summed E-state index contributed by atoms with van der Waals surface area (Å²) in [5, 5.41) is -0.696. The van der Waals surface area contributed by atoms with Gasteiger partial charge in [0.2, 0.25) is 11.8 Å². The molecule has 0 N–H and O–H groups in total. The van der Waals surface area contributed by atoms with E-state index < -0.39 is 22.6 Å². The average molecular weight is 386 g/mol. The van der Waals surface area contributed by atoms with Gasteiger partial charge in [-0.05, 0) is 34.1 Å². The van der Waals surface area contributed by atoms with Crippen LogP contribution in [0.3, 0.4) is 0 Å². The van der Waals surface area contributed by atoms with Crippen molar-refractivity contribution in [3.63, 3.8) is 0 Å². The first kappa shape index (κ1) is 18.6. The van der Waals surface area contributed by atoms with Gasteiger partial charge in [-0.1, -0.05) is 59.7 Å². The number of imide groups is 1. The lowest BCUT2D eigenvalue weighted by Gasteiger charge is -2.37. The number of carbonyl (C=O) groups is 2. The Morgan fingerprint density at radius 3 is 1.56 bits per heavy atom. The van der Waals surface area contributed by atoms with Crippen LogP contribution in [0.5, 0.6) is 0 Å². The summed E-state index contributed by atoms with van der Waals surface area (Å²) in [6.45, 7) is 12.7. The summed E-state index contributed by atoms with van der Waals surface area (Å²) in [4.78, 5) is 28.0. The number of rotatable bonds is 1. The average Bonchev–Trinajstić information content (AvgIpc) is 3.12. The smallest absolute Gasteiger partial charge is 0.239 e. The zero-order chi connectivity index (χ0) is 19.9. The minimum absolute atomic E-state index is 0.188. The number of benzene rings is 1. The van der Waals surface area contributed by atoms with Crippen LogP contribution >= 0.6 is 0 Å². The summed E-state index contributed by atoms with van der Waals surface area (Å²) < 4.78 is 13.4. The molecule has 0 saturated carbocycles. The minimum atomic E-state index is -1.22. The second kappa shape index (κ2) is 5.63. The summed E-state index contributed by atoms with van der Waals surface area (Å²) in [5.41, 5.74) is 2.51. The number of anilines is 1. The van der Waals surface area contributed by atoms with Gasteiger partial charge in [0.1, 0.15) is 0 Å². The second-order valence-corrected chi connectivity index (χ2v) is 11.6. The Labute approximate surface area is 163 Å². The monoisotopic (exact) mass is 385 g/mol. The van der Waals surface area contributed by atoms with Gasteiger partial charge in [-0.25, -0.2) is 4.90 Å². The number of hydrogen-bond donors (Lipinski definition) is 0. The molecule has 2 saturated heterocycles. The van der Waals surface area contributed by atoms with E-state index >= 15 is 0 Å². The van der Waals surface area contributed by atoms with Crippen molar-refractivity contribution < 1.29 is 13.8 Å². The van der Waals surface area contributed by atoms with Crippen molar-refractivity contribution in [2.45, 2.75) is 52.0 Å². The van der Waals surface area contributed by atoms with Gasteiger partial charge in [-0.15, -0.1) is 0 Å². The van der Waals surface area contributed by atoms with Crippen molar-refractivity contribution in [2.24, 2.45) is 22.7 Å². The molecule has 3 aliphatic rings. The molecule has 0 radical (unpaired) electrons. The number of carbonyl (C=O) groups excluding carboxylic acids is 2. The summed E-state index contributed by atoms with van der Waals surface area (Å²) in [6.07, 6.45) is 0. The number of hydrogen-bond acceptors (Lipinski definition) is 3. The molecule has 4 rings (SSSR count). The van der Waals surface area contributed by atoms with Gasteiger partial charge in [0, 0.05) is 10.8 Å². The zero-order valence-corrected chi connectivity index (χ0v) is 17.6. The molecular formula is C22H27NO3S. The predicted molar refractivity (Wildman–Crippen MR) is 108 cm³/mol. The molecule has 5 heteroatoms. The van der Waals surface area contributed by atoms with Crippen LogP contribution in [0.4, 0.5) is 5.69 Å². The molecule has 1 aromatic rings. The molecule has 2 fully saturated rings. The lowest BCUT2D eigenvalue weighted by Crippen LogP contribution is -2.38. The van der Waals surface area contributed by atoms with E-state index in [4.69, 9.17) is 0 Å². The highest BCUT2D eigenvalue weighted by Crippen LogP contribution is 2.60. The maximum atomic E-state index is 13.4. The molecule has 4 atom stereocenters. The predicted octanol–water partition coefficient (Wildman–Crippen LogP) is 3.69. The van der Waals surface area contributed by atoms with E-state index in [-0.39, 0.29) is 33.1 Å². The SMILES string of the molecule is CC(C)(C)C1=C(C(C)(C)C)C2C3C(=O)N(c4ccccc4)C(=O)C3C1S2=O. The highest BCUT2D eigenvalue weighted by Gasteiger charge is 2.69. The van der Waals surface area contributed by atoms with Crippen molar-refractivity contribution in [3.8, 4) is 0 Å². The second-order valence-electron chi connectivity index (χ2n) is 9.90. The summed E-state index contributed by atoms with van der Waals surface area (Å²) >= 11 is 0. The van der Waals surface area contributed by atoms with Crippen LogP contribution in [0.15, 0.2) is 41.5 Å². The van der Waals surface area contributed by atoms with E-state index in [1.807, 2.05) is 18.2 Å². The number of nitrogens with zero attached hydrogens (tertiary/aromatic N) is 1. The Balaban J connectivity index is 1.87. The lowest BCUT2D eigenvalue weighted by molar-refractivity contribution is -0.122. The Hall–Kier alpha value is -1.75. The lowest BCUT2D eigenvalue weighted by atomic mass is 9.64. The first-order valence-electron chi connectivity index (χ1n) is 9.53. The van der Waals surface area contributed by atoms with Gasteiger partial charge in [0.05, 0.1) is 28.0 Å². The molecule has 0 aromatic heterocycles. The first-order valence-corrected chi connectivity index (χ1v) is 10.8. The molecule has 2 bridgehead atoms. The van der Waals surface area contributed by atoms with E-state index in [1.165, 1.54) is 4.90 Å². The van der Waals surface area contributed by atoms with E-state index in [1.54, 1.807) is 12.1 Å². The Bertz CT molecular complexity index is 836. The van der Waals surface area contributed by atoms with E-state index in [9.17, 15) is 13.8 Å². The van der Waals surface area contributed by atoms with Gasteiger partial charge < -0.3 is 0 Å². The maximum absolute atomic E-state index is 13.4. The molecule has 0 aliphatic carbocycles. The first-order chi connectivity index (χ1) is 12.5. The molecule has 2 amide bonds. The third-order valence-corrected chi connectivity index (χ3v) is 8.10. The third kappa shape index (κ3) is 2.43. The van der Waals surface area contributed by atoms with Gasteiger partial charge >= 0.3 is 0 Å². The van der Waals surface area contributed by atoms with Crippen molar-refractivity contribution in [2.75, 3.05) is 4.90 Å². The van der Waals surface area contributed by atoms with Crippen LogP contribution in [-0.4, -0.2) is 26.5 Å². The Kier molecular flexibility index (Phi) is 3.88. The van der Waals surface area contributed by atoms with Crippen LogP contribution in [0.1, 0.15) is 41.5 Å². The summed E-state index contributed by atoms with van der Waals surface area (Å²) in [7, 11) is -1.22. The molecule has 4 nitrogen and oxygen atoms in total. The van der Waals surface area contributed by atoms with Gasteiger partial charge in [0.15, 0.2) is 0 Å². The standard InChI is InChI=1S/C22H27NO3S/c1-21(2,3)15-16(22(4,5)6)18-14-13(17(15)27(18)26)19(24)23(20(14)25)12-10-8-7-9-11-12/h7-11,13-14,17-18H,1-6H3. The van der Waals surface area contributed by atoms with Crippen LogP contribution in [-0.2, 0) is 20.4 Å². The number of para-hydroxylation sites is 1. The Morgan fingerprint density at radius 2 is 1.19 bits per heavy atom. The van der Waals surface area contributed by atoms with Crippen molar-refractivity contribution >= 4 is 28.3 Å². The molecule has 3 aliphatic heterocycles. The maximum Gasteiger partial charge on any atom is 0.239 e. The van der Waals surface area contributed by atoms with Crippen molar-refractivity contribution in [1.29, 1.82) is 0 Å². The topological polar surface area (TPSA) is 54.5 Å². The molecule has 0 spiro atoms. The Morgan fingerprint density at radius 1 is 0.778 bits per heavy atom. The third-order valence-electron chi connectivity index (χ3n) is 6.04. The fourth-order valence-electron chi connectivity index (χ4n) is 5.19. The molecule has 1 aromatic carbocycles. The van der Waals surface area contributed by atoms with Crippen LogP contribution < -0.4 is 4.90 Å². The van der Waals surface area contributed by atoms with Crippen LogP contribution in [0, 0.1) is 22.7 Å². The zero-order valence-electron chi connectivity index (χ0n) is 16.8. The van der Waals surface area contributed by atoms with E-state index in [2.05, 4.69) is 41.5 Å². The van der Waals surface area contributed by atoms with Gasteiger partial charge in [0.25, 0.3) is 0 Å². The number of amides is 2. The largest absolute Gasteiger partial charge is 0.274 e. The quantitative estimate of drug-likeness (QED) is 0.547. The highest BCUT2D eigenvalue weighted by molar-refractivity contribution is 7.87. The van der Waals surface area contributed by atoms with Crippen LogP contribution in [0.2, 0.25) is 0 Å². The van der Waals surface area contributed by atoms with E-state index in [0.29, 0.717) is 5.69 Å². The molecular weight excluding hydrogens is 358 g/mol. The van der Waals surface area contributed by atoms with Gasteiger partial charge in [-0.2, -0.15) is 0 Å². The summed E-state index contributed by atoms with van der Waals surface area (Å²) in [5.74, 6) is -1.37.